The Bertz CT molecular complexity index is 76.1. The van der Waals surface area contributed by atoms with Gasteiger partial charge in [-0.25, -0.2) is 0 Å². The lowest BCUT2D eigenvalue weighted by Gasteiger charge is -2.00. The number of ether oxygens (including phenoxy) is 1. The van der Waals surface area contributed by atoms with Crippen LogP contribution in [0.1, 0.15) is 6.92 Å². The second-order valence-corrected chi connectivity index (χ2v) is 0.919. The highest BCUT2D eigenvalue weighted by Crippen LogP contribution is 1.74. The van der Waals surface area contributed by atoms with E-state index in [9.17, 15) is 4.79 Å². The van der Waals surface area contributed by atoms with Gasteiger partial charge in [0.05, 0.1) is 6.61 Å². The van der Waals surface area contributed by atoms with Crippen LogP contribution in [0.15, 0.2) is 6.08 Å². The van der Waals surface area contributed by atoms with Crippen LogP contribution in [0, 0.1) is 6.58 Å². The van der Waals surface area contributed by atoms with E-state index in [1.165, 1.54) is 0 Å². The van der Waals surface area contributed by atoms with Gasteiger partial charge in [0.2, 0.25) is 0 Å². The third-order valence-electron chi connectivity index (χ3n) is 0.423. The van der Waals surface area contributed by atoms with Crippen molar-refractivity contribution in [3.05, 3.63) is 12.7 Å². The first-order chi connectivity index (χ1) is 3.31. The quantitative estimate of drug-likeness (QED) is 0.287. The number of carbonyl (C=O) groups is 1. The van der Waals surface area contributed by atoms with Gasteiger partial charge in [-0.2, -0.15) is 6.08 Å². The van der Waals surface area contributed by atoms with Gasteiger partial charge in [-0.05, 0) is 6.92 Å². The molecule has 0 aliphatic rings. The first-order valence-electron chi connectivity index (χ1n) is 2.03. The van der Waals surface area contributed by atoms with Crippen molar-refractivity contribution < 1.29 is 9.53 Å². The number of esters is 1. The minimum Gasteiger partial charge on any atom is -0.548 e. The predicted molar refractivity (Wildman–Crippen MR) is 25.5 cm³/mol. The standard InChI is InChI=1S/C5H7O2/c1-3-5(6)7-4-2/h1,3H,4H2,2H3/q-1. The van der Waals surface area contributed by atoms with E-state index in [1.807, 2.05) is 0 Å². The molecule has 2 heteroatoms. The molecule has 0 atom stereocenters. The zero-order valence-electron chi connectivity index (χ0n) is 4.18. The minimum atomic E-state index is -0.470. The number of rotatable bonds is 2. The van der Waals surface area contributed by atoms with Gasteiger partial charge in [-0.1, -0.05) is 0 Å². The van der Waals surface area contributed by atoms with Crippen LogP contribution < -0.4 is 0 Å². The Morgan fingerprint density at radius 2 is 2.57 bits per heavy atom. The number of hydrogen-bond donors (Lipinski definition) is 0. The van der Waals surface area contributed by atoms with Crippen molar-refractivity contribution >= 4 is 5.97 Å². The molecule has 0 saturated heterocycles. The summed E-state index contributed by atoms with van der Waals surface area (Å²) in [6.07, 6.45) is 0.892. The van der Waals surface area contributed by atoms with Crippen LogP contribution >= 0.6 is 0 Å². The maximum absolute atomic E-state index is 10.0. The van der Waals surface area contributed by atoms with Gasteiger partial charge in [-0.15, -0.1) is 0 Å². The highest BCUT2D eigenvalue weighted by Gasteiger charge is 1.74. The monoisotopic (exact) mass is 99.0 g/mol. The Morgan fingerprint density at radius 3 is 2.71 bits per heavy atom. The molecule has 0 spiro atoms. The maximum Gasteiger partial charge on any atom is 0.167 e. The van der Waals surface area contributed by atoms with E-state index in [-0.39, 0.29) is 0 Å². The third-order valence-corrected chi connectivity index (χ3v) is 0.423. The summed E-state index contributed by atoms with van der Waals surface area (Å²) < 4.78 is 4.37. The molecule has 0 aromatic rings. The summed E-state index contributed by atoms with van der Waals surface area (Å²) in [6, 6.07) is 0. The second-order valence-electron chi connectivity index (χ2n) is 0.919. The normalized spacial score (nSPS) is 7.57. The fraction of sp³-hybridized carbons (Fsp3) is 0.400. The summed E-state index contributed by atoms with van der Waals surface area (Å²) in [5.74, 6) is -0.470. The fourth-order valence-electron chi connectivity index (χ4n) is 0.190. The molecule has 0 fully saturated rings. The topological polar surface area (TPSA) is 26.3 Å². The summed E-state index contributed by atoms with van der Waals surface area (Å²) in [6.45, 7) is 6.86. The molecule has 0 unspecified atom stereocenters. The van der Waals surface area contributed by atoms with E-state index in [2.05, 4.69) is 4.74 Å². The molecular formula is C5H7O2-. The van der Waals surface area contributed by atoms with Crippen LogP contribution in [0.4, 0.5) is 0 Å². The van der Waals surface area contributed by atoms with Gasteiger partial charge in [0.25, 0.3) is 0 Å². The van der Waals surface area contributed by atoms with Gasteiger partial charge >= 0.3 is 0 Å². The lowest BCUT2D eigenvalue weighted by Crippen LogP contribution is -1.97. The van der Waals surface area contributed by atoms with Gasteiger partial charge in [0.1, 0.15) is 0 Å². The first kappa shape index (κ1) is 6.21. The van der Waals surface area contributed by atoms with Gasteiger partial charge in [-0.3, -0.25) is 6.58 Å². The molecule has 0 amide bonds. The van der Waals surface area contributed by atoms with E-state index in [4.69, 9.17) is 6.58 Å². The Hall–Kier alpha value is -0.790. The SMILES string of the molecule is [CH-]=CC(=O)OCC. The maximum atomic E-state index is 10.0. The summed E-state index contributed by atoms with van der Waals surface area (Å²) in [5.41, 5.74) is 0. The van der Waals surface area contributed by atoms with Crippen LogP contribution in [-0.2, 0) is 9.53 Å². The van der Waals surface area contributed by atoms with Crippen LogP contribution in [0.25, 0.3) is 0 Å². The average Bonchev–Trinajstić information content (AvgIpc) is 1.68. The van der Waals surface area contributed by atoms with Crippen molar-refractivity contribution in [1.29, 1.82) is 0 Å². The zero-order valence-corrected chi connectivity index (χ0v) is 4.18. The third kappa shape index (κ3) is 3.03. The highest BCUT2D eigenvalue weighted by atomic mass is 16.5. The predicted octanol–water partition coefficient (Wildman–Crippen LogP) is 0.539. The van der Waals surface area contributed by atoms with Crippen molar-refractivity contribution in [3.63, 3.8) is 0 Å². The molecule has 0 aliphatic heterocycles. The number of carbonyl (C=O) groups excluding carboxylic acids is 1. The lowest BCUT2D eigenvalue weighted by molar-refractivity contribution is -0.137. The molecule has 40 valence electrons. The zero-order chi connectivity index (χ0) is 5.70. The van der Waals surface area contributed by atoms with Crippen molar-refractivity contribution in [1.82, 2.24) is 0 Å². The Kier molecular flexibility index (Phi) is 3.02. The molecule has 7 heavy (non-hydrogen) atoms. The number of hydrogen-bond acceptors (Lipinski definition) is 2. The van der Waals surface area contributed by atoms with Crippen molar-refractivity contribution in [2.75, 3.05) is 6.61 Å². The molecule has 0 radical (unpaired) electrons. The van der Waals surface area contributed by atoms with E-state index in [0.717, 1.165) is 6.08 Å². The van der Waals surface area contributed by atoms with Gasteiger partial charge in [0, 0.05) is 0 Å². The summed E-state index contributed by atoms with van der Waals surface area (Å²) in [7, 11) is 0. The second kappa shape index (κ2) is 3.40. The molecule has 2 nitrogen and oxygen atoms in total. The molecule has 0 aliphatic carbocycles. The van der Waals surface area contributed by atoms with Crippen LogP contribution in [0.5, 0.6) is 0 Å². The molecule has 0 heterocycles. The van der Waals surface area contributed by atoms with E-state index >= 15 is 0 Å². The molecule has 0 aromatic carbocycles. The Labute approximate surface area is 42.8 Å². The largest absolute Gasteiger partial charge is 0.548 e. The molecular weight excluding hydrogens is 92.1 g/mol. The summed E-state index contributed by atoms with van der Waals surface area (Å²) in [5, 5.41) is 0. The smallest absolute Gasteiger partial charge is 0.167 e. The van der Waals surface area contributed by atoms with E-state index in [1.54, 1.807) is 6.92 Å². The van der Waals surface area contributed by atoms with Crippen molar-refractivity contribution in [2.24, 2.45) is 0 Å². The minimum absolute atomic E-state index is 0.381. The van der Waals surface area contributed by atoms with Crippen LogP contribution in [-0.4, -0.2) is 12.6 Å². The van der Waals surface area contributed by atoms with Crippen LogP contribution in [0.3, 0.4) is 0 Å². The van der Waals surface area contributed by atoms with Crippen molar-refractivity contribution in [3.8, 4) is 0 Å². The fourth-order valence-corrected chi connectivity index (χ4v) is 0.190. The molecule has 0 N–H and O–H groups in total. The lowest BCUT2D eigenvalue weighted by atomic mass is 10.6. The molecule has 0 rings (SSSR count). The van der Waals surface area contributed by atoms with E-state index in [0.29, 0.717) is 6.61 Å². The molecule has 0 aromatic heterocycles. The Morgan fingerprint density at radius 1 is 2.00 bits per heavy atom. The van der Waals surface area contributed by atoms with Gasteiger partial charge < -0.3 is 9.53 Å². The first-order valence-corrected chi connectivity index (χ1v) is 2.03. The van der Waals surface area contributed by atoms with Crippen LogP contribution in [0.2, 0.25) is 0 Å². The van der Waals surface area contributed by atoms with Crippen molar-refractivity contribution in [2.45, 2.75) is 6.92 Å². The molecule has 0 bridgehead atoms. The highest BCUT2D eigenvalue weighted by molar-refractivity contribution is 5.80. The Balaban J connectivity index is 3.17. The summed E-state index contributed by atoms with van der Waals surface area (Å²) in [4.78, 5) is 10.0. The summed E-state index contributed by atoms with van der Waals surface area (Å²) >= 11 is 0. The average molecular weight is 99.1 g/mol. The van der Waals surface area contributed by atoms with Gasteiger partial charge in [0.15, 0.2) is 5.97 Å². The molecule has 0 saturated carbocycles. The van der Waals surface area contributed by atoms with E-state index < -0.39 is 5.97 Å².